The SMILES string of the molecule is [2H]C1C=c2c(-c3ccccc3)c3ccccc3c(-c3cccc4oc5cc6ccccc6cc5c34)c2=CC1. The normalized spacial score (nSPS) is 15.5. The molecule has 1 nitrogen and oxygen atoms in total. The molecule has 6 aromatic carbocycles. The van der Waals surface area contributed by atoms with Crippen LogP contribution in [0.25, 0.3) is 77.9 Å². The Kier molecular flexibility index (Phi) is 4.20. The third-order valence-electron chi connectivity index (χ3n) is 7.73. The molecule has 0 radical (unpaired) electrons. The van der Waals surface area contributed by atoms with Crippen molar-refractivity contribution in [2.75, 3.05) is 0 Å². The summed E-state index contributed by atoms with van der Waals surface area (Å²) >= 11 is 0. The summed E-state index contributed by atoms with van der Waals surface area (Å²) in [6, 6.07) is 38.6. The van der Waals surface area contributed by atoms with Gasteiger partial charge in [-0.15, -0.1) is 0 Å². The lowest BCUT2D eigenvalue weighted by molar-refractivity contribution is 0.669. The van der Waals surface area contributed by atoms with Crippen molar-refractivity contribution in [3.05, 3.63) is 120 Å². The van der Waals surface area contributed by atoms with Crippen LogP contribution in [0.5, 0.6) is 0 Å². The molecule has 1 atom stereocenters. The Bertz CT molecular complexity index is 2170. The van der Waals surface area contributed by atoms with Gasteiger partial charge < -0.3 is 4.42 Å². The van der Waals surface area contributed by atoms with Gasteiger partial charge in [0, 0.05) is 12.1 Å². The summed E-state index contributed by atoms with van der Waals surface area (Å²) in [6.45, 7) is 0. The highest BCUT2D eigenvalue weighted by Crippen LogP contribution is 2.40. The van der Waals surface area contributed by atoms with Gasteiger partial charge in [-0.3, -0.25) is 0 Å². The van der Waals surface area contributed by atoms with E-state index in [0.717, 1.165) is 27.2 Å². The zero-order valence-corrected chi connectivity index (χ0v) is 20.2. The van der Waals surface area contributed by atoms with E-state index >= 15 is 0 Å². The highest BCUT2D eigenvalue weighted by molar-refractivity contribution is 6.18. The molecule has 0 N–H and O–H groups in total. The minimum Gasteiger partial charge on any atom is -0.456 e. The lowest BCUT2D eigenvalue weighted by Gasteiger charge is -2.18. The maximum atomic E-state index is 8.63. The van der Waals surface area contributed by atoms with Crippen LogP contribution in [0.1, 0.15) is 14.2 Å². The molecule has 7 aromatic rings. The lowest BCUT2D eigenvalue weighted by atomic mass is 9.85. The predicted octanol–water partition coefficient (Wildman–Crippen LogP) is 8.58. The number of hydrogen-bond donors (Lipinski definition) is 0. The molecule has 0 spiro atoms. The van der Waals surface area contributed by atoms with E-state index in [0.29, 0.717) is 6.42 Å². The Labute approximate surface area is 216 Å². The van der Waals surface area contributed by atoms with Gasteiger partial charge in [0.15, 0.2) is 0 Å². The monoisotopic (exact) mass is 473 g/mol. The van der Waals surface area contributed by atoms with Gasteiger partial charge in [-0.05, 0) is 85.3 Å². The van der Waals surface area contributed by atoms with Crippen molar-refractivity contribution < 1.29 is 5.79 Å². The Morgan fingerprint density at radius 2 is 1.27 bits per heavy atom. The molecule has 0 saturated heterocycles. The van der Waals surface area contributed by atoms with Gasteiger partial charge in [0.05, 0.1) is 0 Å². The van der Waals surface area contributed by atoms with Crippen molar-refractivity contribution in [2.24, 2.45) is 0 Å². The zero-order valence-electron chi connectivity index (χ0n) is 21.2. The maximum Gasteiger partial charge on any atom is 0.136 e. The van der Waals surface area contributed by atoms with Gasteiger partial charge in [0.25, 0.3) is 0 Å². The highest BCUT2D eigenvalue weighted by Gasteiger charge is 2.19. The minimum atomic E-state index is -0.254. The van der Waals surface area contributed by atoms with Gasteiger partial charge in [-0.2, -0.15) is 0 Å². The number of furan rings is 1. The fourth-order valence-electron chi connectivity index (χ4n) is 6.16. The number of benzene rings is 6. The van der Waals surface area contributed by atoms with E-state index in [1.807, 2.05) is 0 Å². The van der Waals surface area contributed by atoms with Crippen LogP contribution in [0.3, 0.4) is 0 Å². The quantitative estimate of drug-likeness (QED) is 0.245. The van der Waals surface area contributed by atoms with Crippen molar-refractivity contribution in [2.45, 2.75) is 12.8 Å². The van der Waals surface area contributed by atoms with Crippen molar-refractivity contribution in [1.29, 1.82) is 0 Å². The molecule has 1 heteroatoms. The summed E-state index contributed by atoms with van der Waals surface area (Å²) in [5.74, 6) is 0. The first-order valence-electron chi connectivity index (χ1n) is 13.4. The Morgan fingerprint density at radius 3 is 2.11 bits per heavy atom. The van der Waals surface area contributed by atoms with E-state index in [9.17, 15) is 0 Å². The van der Waals surface area contributed by atoms with Crippen molar-refractivity contribution in [3.8, 4) is 22.3 Å². The van der Waals surface area contributed by atoms with Crippen LogP contribution in [0, 0.1) is 0 Å². The standard InChI is InChI=1S/C36H24O/c1-2-11-23(12-3-1)34-26-15-6-8-17-28(26)35(29-18-9-7-16-27(29)34)30-19-10-20-32-36(30)31-21-24-13-4-5-14-25(24)22-33(31)37-32/h1-6,8,10-22H,7,9H2/i7D. The molecule has 0 fully saturated rings. The van der Waals surface area contributed by atoms with E-state index in [-0.39, 0.29) is 6.40 Å². The molecule has 1 heterocycles. The van der Waals surface area contributed by atoms with E-state index in [4.69, 9.17) is 5.79 Å². The van der Waals surface area contributed by atoms with Crippen LogP contribution in [-0.2, 0) is 0 Å². The lowest BCUT2D eigenvalue weighted by Crippen LogP contribution is -2.31. The van der Waals surface area contributed by atoms with Crippen LogP contribution in [0.2, 0.25) is 0 Å². The summed E-state index contributed by atoms with van der Waals surface area (Å²) in [5.41, 5.74) is 6.60. The average molecular weight is 474 g/mol. The molecule has 174 valence electrons. The fraction of sp³-hybridized carbons (Fsp3) is 0.0556. The first-order chi connectivity index (χ1) is 18.8. The molecule has 0 aliphatic heterocycles. The molecule has 0 amide bonds. The van der Waals surface area contributed by atoms with Gasteiger partial charge >= 0.3 is 0 Å². The minimum absolute atomic E-state index is 0.254. The molecule has 37 heavy (non-hydrogen) atoms. The van der Waals surface area contributed by atoms with Gasteiger partial charge in [0.2, 0.25) is 0 Å². The topological polar surface area (TPSA) is 13.1 Å². The second kappa shape index (κ2) is 7.94. The molecule has 8 rings (SSSR count). The molecule has 0 saturated carbocycles. The second-order valence-electron chi connectivity index (χ2n) is 9.81. The van der Waals surface area contributed by atoms with Crippen LogP contribution in [0.4, 0.5) is 0 Å². The second-order valence-corrected chi connectivity index (χ2v) is 9.81. The summed E-state index contributed by atoms with van der Waals surface area (Å²) in [7, 11) is 0. The van der Waals surface area contributed by atoms with Crippen molar-refractivity contribution in [3.63, 3.8) is 0 Å². The van der Waals surface area contributed by atoms with Gasteiger partial charge in [0.1, 0.15) is 11.2 Å². The average Bonchev–Trinajstić information content (AvgIpc) is 3.32. The highest BCUT2D eigenvalue weighted by atomic mass is 16.3. The Morgan fingerprint density at radius 1 is 0.568 bits per heavy atom. The van der Waals surface area contributed by atoms with Crippen molar-refractivity contribution >= 4 is 55.6 Å². The smallest absolute Gasteiger partial charge is 0.136 e. The third kappa shape index (κ3) is 3.04. The molecule has 1 aromatic heterocycles. The number of fused-ring (bicyclic) bond motifs is 6. The maximum absolute atomic E-state index is 8.63. The largest absolute Gasteiger partial charge is 0.456 e. The molecule has 1 aliphatic rings. The van der Waals surface area contributed by atoms with Gasteiger partial charge in [-0.25, -0.2) is 0 Å². The molecular formula is C36H24O. The van der Waals surface area contributed by atoms with Crippen LogP contribution in [0.15, 0.2) is 114 Å². The number of rotatable bonds is 2. The van der Waals surface area contributed by atoms with Crippen LogP contribution in [-0.4, -0.2) is 0 Å². The summed E-state index contributed by atoms with van der Waals surface area (Å²) in [6.07, 6.45) is 4.88. The molecule has 0 bridgehead atoms. The summed E-state index contributed by atoms with van der Waals surface area (Å²) < 4.78 is 15.1. The summed E-state index contributed by atoms with van der Waals surface area (Å²) in [4.78, 5) is 0. The Balaban J connectivity index is 1.57. The number of hydrogen-bond acceptors (Lipinski definition) is 1. The van der Waals surface area contributed by atoms with E-state index in [1.165, 1.54) is 49.0 Å². The first kappa shape index (κ1) is 19.6. The van der Waals surface area contributed by atoms with E-state index in [2.05, 4.69) is 121 Å². The fourth-order valence-corrected chi connectivity index (χ4v) is 6.16. The van der Waals surface area contributed by atoms with Crippen LogP contribution < -0.4 is 10.4 Å². The zero-order chi connectivity index (χ0) is 25.2. The first-order valence-corrected chi connectivity index (χ1v) is 12.8. The molecule has 1 unspecified atom stereocenters. The van der Waals surface area contributed by atoms with Gasteiger partial charge in [-0.1, -0.05) is 103 Å². The molecular weight excluding hydrogens is 448 g/mol. The third-order valence-corrected chi connectivity index (χ3v) is 7.73. The predicted molar refractivity (Wildman–Crippen MR) is 157 cm³/mol. The van der Waals surface area contributed by atoms with Crippen LogP contribution >= 0.6 is 0 Å². The van der Waals surface area contributed by atoms with E-state index in [1.54, 1.807) is 0 Å². The summed E-state index contributed by atoms with van der Waals surface area (Å²) in [5, 5.41) is 9.48. The van der Waals surface area contributed by atoms with Crippen molar-refractivity contribution in [1.82, 2.24) is 0 Å². The van der Waals surface area contributed by atoms with E-state index < -0.39 is 0 Å². The Hall–Kier alpha value is -4.62. The molecule has 1 aliphatic carbocycles.